The lowest BCUT2D eigenvalue weighted by Gasteiger charge is -2.41. The lowest BCUT2D eigenvalue weighted by molar-refractivity contribution is -0.0691. The highest BCUT2D eigenvalue weighted by molar-refractivity contribution is 5.27. The van der Waals surface area contributed by atoms with E-state index in [0.29, 0.717) is 31.2 Å². The van der Waals surface area contributed by atoms with Crippen molar-refractivity contribution >= 4 is 0 Å². The Balaban J connectivity index is 1.60. The summed E-state index contributed by atoms with van der Waals surface area (Å²) in [7, 11) is 0. The Morgan fingerprint density at radius 2 is 2.04 bits per heavy atom. The van der Waals surface area contributed by atoms with E-state index in [4.69, 9.17) is 9.47 Å². The van der Waals surface area contributed by atoms with Gasteiger partial charge in [0.1, 0.15) is 18.0 Å². The lowest BCUT2D eigenvalue weighted by Crippen LogP contribution is -2.52. The van der Waals surface area contributed by atoms with E-state index >= 15 is 0 Å². The number of benzene rings is 1. The van der Waals surface area contributed by atoms with Crippen LogP contribution in [-0.2, 0) is 4.74 Å². The minimum atomic E-state index is -0.951. The van der Waals surface area contributed by atoms with Crippen LogP contribution in [-0.4, -0.2) is 54.6 Å². The van der Waals surface area contributed by atoms with Gasteiger partial charge in [0.05, 0.1) is 13.2 Å². The molecular weight excluding hydrogens is 314 g/mol. The van der Waals surface area contributed by atoms with E-state index in [0.717, 1.165) is 17.9 Å². The highest BCUT2D eigenvalue weighted by Crippen LogP contribution is 2.37. The van der Waals surface area contributed by atoms with Gasteiger partial charge in [0, 0.05) is 19.1 Å². The summed E-state index contributed by atoms with van der Waals surface area (Å²) in [5, 5.41) is 11.1. The van der Waals surface area contributed by atoms with Gasteiger partial charge in [-0.15, -0.1) is 0 Å². The second-order valence-corrected chi connectivity index (χ2v) is 8.75. The summed E-state index contributed by atoms with van der Waals surface area (Å²) < 4.78 is 11.6. The van der Waals surface area contributed by atoms with Crippen LogP contribution in [0, 0.1) is 12.3 Å². The van der Waals surface area contributed by atoms with E-state index in [1.165, 1.54) is 25.7 Å². The predicted molar refractivity (Wildman–Crippen MR) is 100 cm³/mol. The van der Waals surface area contributed by atoms with Gasteiger partial charge in [-0.2, -0.15) is 0 Å². The Kier molecular flexibility index (Phi) is 5.71. The first-order chi connectivity index (χ1) is 11.9. The molecule has 1 saturated carbocycles. The van der Waals surface area contributed by atoms with Gasteiger partial charge < -0.3 is 14.6 Å². The SMILES string of the molecule is Cc1cccc(OC[C@]2(O)COCCN(C3CCC(C)(C)CC3)C2)c1. The number of aliphatic hydroxyl groups is 1. The van der Waals surface area contributed by atoms with Crippen LogP contribution >= 0.6 is 0 Å². The molecule has 0 bridgehead atoms. The van der Waals surface area contributed by atoms with E-state index in [2.05, 4.69) is 18.7 Å². The molecule has 0 aromatic heterocycles. The van der Waals surface area contributed by atoms with Crippen LogP contribution in [0.5, 0.6) is 5.75 Å². The largest absolute Gasteiger partial charge is 0.490 e. The van der Waals surface area contributed by atoms with E-state index in [1.54, 1.807) is 0 Å². The van der Waals surface area contributed by atoms with E-state index < -0.39 is 5.60 Å². The van der Waals surface area contributed by atoms with Crippen LogP contribution in [0.25, 0.3) is 0 Å². The maximum Gasteiger partial charge on any atom is 0.134 e. The van der Waals surface area contributed by atoms with Crippen molar-refractivity contribution in [3.8, 4) is 5.75 Å². The maximum absolute atomic E-state index is 11.1. The second-order valence-electron chi connectivity index (χ2n) is 8.75. The monoisotopic (exact) mass is 347 g/mol. The fourth-order valence-electron chi connectivity index (χ4n) is 4.02. The van der Waals surface area contributed by atoms with Crippen LogP contribution in [0.2, 0.25) is 0 Å². The van der Waals surface area contributed by atoms with Gasteiger partial charge in [-0.25, -0.2) is 0 Å². The summed E-state index contributed by atoms with van der Waals surface area (Å²) in [6.45, 7) is 9.59. The second kappa shape index (κ2) is 7.65. The fraction of sp³-hybridized carbons (Fsp3) is 0.714. The van der Waals surface area contributed by atoms with Crippen molar-refractivity contribution in [2.45, 2.75) is 58.1 Å². The molecule has 0 spiro atoms. The number of aryl methyl sites for hydroxylation is 1. The van der Waals surface area contributed by atoms with Gasteiger partial charge in [-0.1, -0.05) is 26.0 Å². The molecular formula is C21H33NO3. The summed E-state index contributed by atoms with van der Waals surface area (Å²) in [5.41, 5.74) is 0.671. The van der Waals surface area contributed by atoms with Crippen molar-refractivity contribution < 1.29 is 14.6 Å². The molecule has 2 aliphatic rings. The first-order valence-corrected chi connectivity index (χ1v) is 9.59. The zero-order chi connectivity index (χ0) is 17.9. The number of nitrogens with zero attached hydrogens (tertiary/aromatic N) is 1. The normalized spacial score (nSPS) is 28.5. The molecule has 4 heteroatoms. The number of ether oxygens (including phenoxy) is 2. The van der Waals surface area contributed by atoms with Crippen molar-refractivity contribution in [1.82, 2.24) is 4.90 Å². The van der Waals surface area contributed by atoms with Crippen LogP contribution in [0.3, 0.4) is 0 Å². The molecule has 0 amide bonds. The van der Waals surface area contributed by atoms with E-state index in [-0.39, 0.29) is 6.61 Å². The highest BCUT2D eigenvalue weighted by Gasteiger charge is 2.38. The molecule has 2 fully saturated rings. The first kappa shape index (κ1) is 18.7. The van der Waals surface area contributed by atoms with Crippen LogP contribution in [0.1, 0.15) is 45.1 Å². The first-order valence-electron chi connectivity index (χ1n) is 9.59. The standard InChI is InChI=1S/C21H33NO3/c1-17-5-4-6-19(13-17)25-16-21(23)14-22(11-12-24-15-21)18-7-9-20(2,3)10-8-18/h4-6,13,18,23H,7-12,14-16H2,1-3H3/t21-/m1/s1. The highest BCUT2D eigenvalue weighted by atomic mass is 16.5. The topological polar surface area (TPSA) is 41.9 Å². The number of hydrogen-bond acceptors (Lipinski definition) is 4. The molecule has 0 unspecified atom stereocenters. The molecule has 1 saturated heterocycles. The fourth-order valence-corrected chi connectivity index (χ4v) is 4.02. The third kappa shape index (κ3) is 5.19. The Hall–Kier alpha value is -1.10. The van der Waals surface area contributed by atoms with E-state index in [1.807, 2.05) is 31.2 Å². The molecule has 1 N–H and O–H groups in total. The summed E-state index contributed by atoms with van der Waals surface area (Å²) in [6, 6.07) is 8.52. The Bertz CT molecular complexity index is 564. The van der Waals surface area contributed by atoms with Crippen molar-refractivity contribution in [3.05, 3.63) is 29.8 Å². The van der Waals surface area contributed by atoms with Crippen molar-refractivity contribution in [3.63, 3.8) is 0 Å². The van der Waals surface area contributed by atoms with Crippen LogP contribution < -0.4 is 4.74 Å². The molecule has 0 radical (unpaired) electrons. The zero-order valence-electron chi connectivity index (χ0n) is 16.0. The molecule has 1 atom stereocenters. The molecule has 1 heterocycles. The molecule has 1 aliphatic heterocycles. The molecule has 4 nitrogen and oxygen atoms in total. The van der Waals surface area contributed by atoms with Gasteiger partial charge in [0.15, 0.2) is 0 Å². The molecule has 140 valence electrons. The number of rotatable bonds is 4. The average Bonchev–Trinajstić information content (AvgIpc) is 2.76. The zero-order valence-corrected chi connectivity index (χ0v) is 16.0. The smallest absolute Gasteiger partial charge is 0.134 e. The molecule has 1 aromatic carbocycles. The van der Waals surface area contributed by atoms with Crippen LogP contribution in [0.4, 0.5) is 0 Å². The average molecular weight is 347 g/mol. The van der Waals surface area contributed by atoms with Crippen molar-refractivity contribution in [2.24, 2.45) is 5.41 Å². The molecule has 25 heavy (non-hydrogen) atoms. The molecule has 1 aromatic rings. The molecule has 3 rings (SSSR count). The van der Waals surface area contributed by atoms with Gasteiger partial charge in [0.25, 0.3) is 0 Å². The Morgan fingerprint density at radius 1 is 1.28 bits per heavy atom. The minimum Gasteiger partial charge on any atom is -0.490 e. The lowest BCUT2D eigenvalue weighted by atomic mass is 9.75. The summed E-state index contributed by atoms with van der Waals surface area (Å²) in [6.07, 6.45) is 4.93. The Labute approximate surface area is 152 Å². The van der Waals surface area contributed by atoms with Gasteiger partial charge in [0.2, 0.25) is 0 Å². The third-order valence-electron chi connectivity index (χ3n) is 5.71. The van der Waals surface area contributed by atoms with Gasteiger partial charge >= 0.3 is 0 Å². The minimum absolute atomic E-state index is 0.269. The summed E-state index contributed by atoms with van der Waals surface area (Å²) >= 11 is 0. The third-order valence-corrected chi connectivity index (χ3v) is 5.71. The maximum atomic E-state index is 11.1. The summed E-state index contributed by atoms with van der Waals surface area (Å²) in [4.78, 5) is 2.43. The quantitative estimate of drug-likeness (QED) is 0.906. The van der Waals surface area contributed by atoms with Gasteiger partial charge in [-0.05, 0) is 55.7 Å². The summed E-state index contributed by atoms with van der Waals surface area (Å²) in [5.74, 6) is 0.809. The Morgan fingerprint density at radius 3 is 2.76 bits per heavy atom. The van der Waals surface area contributed by atoms with Gasteiger partial charge in [-0.3, -0.25) is 4.90 Å². The number of hydrogen-bond donors (Lipinski definition) is 1. The molecule has 1 aliphatic carbocycles. The number of β-amino-alcohol motifs (C(OH)–C–C–N with tert-alkyl or cyclic N) is 1. The van der Waals surface area contributed by atoms with Crippen LogP contribution in [0.15, 0.2) is 24.3 Å². The van der Waals surface area contributed by atoms with Crippen molar-refractivity contribution in [2.75, 3.05) is 32.9 Å². The predicted octanol–water partition coefficient (Wildman–Crippen LogP) is 3.41. The van der Waals surface area contributed by atoms with E-state index in [9.17, 15) is 5.11 Å². The van der Waals surface area contributed by atoms with Crippen molar-refractivity contribution in [1.29, 1.82) is 0 Å².